The van der Waals surface area contributed by atoms with Crippen molar-refractivity contribution in [3.63, 3.8) is 0 Å². The van der Waals surface area contributed by atoms with Crippen LogP contribution in [0.3, 0.4) is 0 Å². The molecule has 1 fully saturated rings. The summed E-state index contributed by atoms with van der Waals surface area (Å²) in [5.74, 6) is 2.96. The van der Waals surface area contributed by atoms with Gasteiger partial charge >= 0.3 is 0 Å². The standard InChI is InChI=1S/C12H16O4S/c1-13-9-6-8(12-16-4-5-17-12)7-10(14-2)11(9)15-3/h6-7,12H,4-5H2,1-3H3. The molecule has 0 bridgehead atoms. The van der Waals surface area contributed by atoms with Gasteiger partial charge in [-0.15, -0.1) is 11.8 Å². The van der Waals surface area contributed by atoms with Crippen LogP contribution in [0.25, 0.3) is 0 Å². The van der Waals surface area contributed by atoms with E-state index in [4.69, 9.17) is 18.9 Å². The van der Waals surface area contributed by atoms with Crippen LogP contribution in [-0.4, -0.2) is 33.7 Å². The molecule has 4 nitrogen and oxygen atoms in total. The molecule has 0 aliphatic carbocycles. The fourth-order valence-electron chi connectivity index (χ4n) is 1.79. The van der Waals surface area contributed by atoms with Crippen molar-refractivity contribution in [1.82, 2.24) is 0 Å². The summed E-state index contributed by atoms with van der Waals surface area (Å²) in [4.78, 5) is 0. The molecule has 2 rings (SSSR count). The molecule has 1 atom stereocenters. The van der Waals surface area contributed by atoms with E-state index in [0.717, 1.165) is 17.9 Å². The van der Waals surface area contributed by atoms with Gasteiger partial charge in [0.05, 0.1) is 27.9 Å². The van der Waals surface area contributed by atoms with Crippen LogP contribution in [0.5, 0.6) is 17.2 Å². The predicted molar refractivity (Wildman–Crippen MR) is 67.2 cm³/mol. The van der Waals surface area contributed by atoms with Crippen molar-refractivity contribution in [2.24, 2.45) is 0 Å². The molecule has 94 valence electrons. The van der Waals surface area contributed by atoms with Gasteiger partial charge < -0.3 is 18.9 Å². The Morgan fingerprint density at radius 1 is 1.12 bits per heavy atom. The van der Waals surface area contributed by atoms with Crippen molar-refractivity contribution in [2.45, 2.75) is 5.44 Å². The second-order valence-corrected chi connectivity index (χ2v) is 4.70. The lowest BCUT2D eigenvalue weighted by Gasteiger charge is -2.16. The maximum atomic E-state index is 5.62. The molecule has 1 saturated heterocycles. The van der Waals surface area contributed by atoms with E-state index < -0.39 is 0 Å². The molecule has 0 N–H and O–H groups in total. The average Bonchev–Trinajstić information content (AvgIpc) is 2.90. The third-order valence-electron chi connectivity index (χ3n) is 2.58. The quantitative estimate of drug-likeness (QED) is 0.827. The smallest absolute Gasteiger partial charge is 0.203 e. The van der Waals surface area contributed by atoms with Crippen LogP contribution in [-0.2, 0) is 4.74 Å². The topological polar surface area (TPSA) is 36.9 Å². The normalized spacial score (nSPS) is 19.1. The van der Waals surface area contributed by atoms with E-state index in [1.54, 1.807) is 33.1 Å². The van der Waals surface area contributed by atoms with E-state index in [-0.39, 0.29) is 5.44 Å². The molecule has 1 aromatic rings. The first kappa shape index (κ1) is 12.4. The maximum Gasteiger partial charge on any atom is 0.203 e. The SMILES string of the molecule is COc1cc(C2OCCS2)cc(OC)c1OC. The second kappa shape index (κ2) is 5.51. The number of hydrogen-bond donors (Lipinski definition) is 0. The summed E-state index contributed by atoms with van der Waals surface area (Å²) in [5, 5.41) is 0. The van der Waals surface area contributed by atoms with E-state index in [1.807, 2.05) is 12.1 Å². The number of ether oxygens (including phenoxy) is 4. The first-order valence-corrected chi connectivity index (χ1v) is 6.38. The fraction of sp³-hybridized carbons (Fsp3) is 0.500. The summed E-state index contributed by atoms with van der Waals surface area (Å²) >= 11 is 1.77. The minimum atomic E-state index is 0.0590. The third-order valence-corrected chi connectivity index (χ3v) is 3.69. The van der Waals surface area contributed by atoms with Crippen LogP contribution in [0.2, 0.25) is 0 Å². The molecule has 0 saturated carbocycles. The van der Waals surface area contributed by atoms with Crippen LogP contribution < -0.4 is 14.2 Å². The molecule has 1 heterocycles. The van der Waals surface area contributed by atoms with E-state index in [9.17, 15) is 0 Å². The first-order chi connectivity index (χ1) is 8.30. The van der Waals surface area contributed by atoms with Gasteiger partial charge in [-0.1, -0.05) is 0 Å². The maximum absolute atomic E-state index is 5.62. The summed E-state index contributed by atoms with van der Waals surface area (Å²) in [5.41, 5.74) is 1.10. The Morgan fingerprint density at radius 2 is 1.76 bits per heavy atom. The van der Waals surface area contributed by atoms with Gasteiger partial charge in [-0.05, 0) is 17.7 Å². The lowest BCUT2D eigenvalue weighted by molar-refractivity contribution is 0.144. The summed E-state index contributed by atoms with van der Waals surface area (Å²) in [6, 6.07) is 3.87. The van der Waals surface area contributed by atoms with E-state index in [2.05, 4.69) is 0 Å². The Morgan fingerprint density at radius 3 is 2.18 bits per heavy atom. The molecule has 1 aliphatic heterocycles. The number of methoxy groups -OCH3 is 3. The lowest BCUT2D eigenvalue weighted by Crippen LogP contribution is -1.99. The highest BCUT2D eigenvalue weighted by atomic mass is 32.2. The zero-order valence-electron chi connectivity index (χ0n) is 10.2. The molecular weight excluding hydrogens is 240 g/mol. The highest BCUT2D eigenvalue weighted by Gasteiger charge is 2.22. The van der Waals surface area contributed by atoms with Crippen LogP contribution in [0.4, 0.5) is 0 Å². The van der Waals surface area contributed by atoms with Crippen LogP contribution in [0, 0.1) is 0 Å². The minimum absolute atomic E-state index is 0.0590. The van der Waals surface area contributed by atoms with Crippen molar-refractivity contribution >= 4 is 11.8 Å². The van der Waals surface area contributed by atoms with Crippen molar-refractivity contribution < 1.29 is 18.9 Å². The van der Waals surface area contributed by atoms with Crippen molar-refractivity contribution in [3.05, 3.63) is 17.7 Å². The number of thioether (sulfide) groups is 1. The zero-order chi connectivity index (χ0) is 12.3. The zero-order valence-corrected chi connectivity index (χ0v) is 11.0. The summed E-state index contributed by atoms with van der Waals surface area (Å²) < 4.78 is 21.5. The first-order valence-electron chi connectivity index (χ1n) is 5.33. The van der Waals surface area contributed by atoms with Gasteiger partial charge in [-0.3, -0.25) is 0 Å². The van der Waals surface area contributed by atoms with Gasteiger partial charge in [0, 0.05) is 5.75 Å². The highest BCUT2D eigenvalue weighted by molar-refractivity contribution is 7.99. The molecule has 0 aromatic heterocycles. The monoisotopic (exact) mass is 256 g/mol. The van der Waals surface area contributed by atoms with E-state index in [1.165, 1.54) is 0 Å². The van der Waals surface area contributed by atoms with Gasteiger partial charge in [0.1, 0.15) is 5.44 Å². The second-order valence-electron chi connectivity index (χ2n) is 3.53. The largest absolute Gasteiger partial charge is 0.493 e. The summed E-state index contributed by atoms with van der Waals surface area (Å²) in [6.07, 6.45) is 0. The van der Waals surface area contributed by atoms with Crippen molar-refractivity contribution in [3.8, 4) is 17.2 Å². The number of hydrogen-bond acceptors (Lipinski definition) is 5. The summed E-state index contributed by atoms with van der Waals surface area (Å²) in [7, 11) is 4.83. The fourth-order valence-corrected chi connectivity index (χ4v) is 2.72. The van der Waals surface area contributed by atoms with Gasteiger partial charge in [0.2, 0.25) is 5.75 Å². The molecule has 0 amide bonds. The minimum Gasteiger partial charge on any atom is -0.493 e. The molecule has 1 aliphatic rings. The van der Waals surface area contributed by atoms with Crippen molar-refractivity contribution in [1.29, 1.82) is 0 Å². The van der Waals surface area contributed by atoms with Gasteiger partial charge in [0.15, 0.2) is 11.5 Å². The van der Waals surface area contributed by atoms with Crippen molar-refractivity contribution in [2.75, 3.05) is 33.7 Å². The Kier molecular flexibility index (Phi) is 4.02. The average molecular weight is 256 g/mol. The molecular formula is C12H16O4S. The van der Waals surface area contributed by atoms with Crippen LogP contribution in [0.1, 0.15) is 11.0 Å². The highest BCUT2D eigenvalue weighted by Crippen LogP contribution is 2.44. The molecule has 17 heavy (non-hydrogen) atoms. The molecule has 0 spiro atoms. The van der Waals surface area contributed by atoms with Gasteiger partial charge in [-0.2, -0.15) is 0 Å². The molecule has 0 radical (unpaired) electrons. The predicted octanol–water partition coefficient (Wildman–Crippen LogP) is 2.47. The summed E-state index contributed by atoms with van der Waals surface area (Å²) in [6.45, 7) is 0.784. The van der Waals surface area contributed by atoms with Gasteiger partial charge in [-0.25, -0.2) is 0 Å². The van der Waals surface area contributed by atoms with E-state index >= 15 is 0 Å². The number of benzene rings is 1. The Balaban J connectivity index is 2.40. The third kappa shape index (κ3) is 2.45. The Labute approximate surface area is 105 Å². The molecule has 5 heteroatoms. The molecule has 1 unspecified atom stereocenters. The van der Waals surface area contributed by atoms with Gasteiger partial charge in [0.25, 0.3) is 0 Å². The van der Waals surface area contributed by atoms with Crippen LogP contribution >= 0.6 is 11.8 Å². The van der Waals surface area contributed by atoms with E-state index in [0.29, 0.717) is 17.2 Å². The Bertz CT molecular complexity index is 363. The molecule has 1 aromatic carbocycles. The Hall–Kier alpha value is -1.07. The van der Waals surface area contributed by atoms with Crippen LogP contribution in [0.15, 0.2) is 12.1 Å². The lowest BCUT2D eigenvalue weighted by atomic mass is 10.2. The number of rotatable bonds is 4.